The van der Waals surface area contributed by atoms with Gasteiger partial charge in [0.05, 0.1) is 0 Å². The zero-order valence-corrected chi connectivity index (χ0v) is 12.3. The Hall–Kier alpha value is -1.50. The highest BCUT2D eigenvalue weighted by Gasteiger charge is 2.21. The second-order valence-electron chi connectivity index (χ2n) is 4.65. The molecule has 3 rings (SSSR count). The monoisotopic (exact) mass is 310 g/mol. The molecule has 2 aromatic rings. The molecule has 0 radical (unpaired) electrons. The summed E-state index contributed by atoms with van der Waals surface area (Å²) >= 11 is 7.20. The first-order chi connectivity index (χ1) is 9.78. The van der Waals surface area contributed by atoms with E-state index in [4.69, 9.17) is 11.6 Å². The number of nitrogens with one attached hydrogen (secondary N) is 2. The molecule has 1 aliphatic heterocycles. The van der Waals surface area contributed by atoms with Crippen molar-refractivity contribution in [3.8, 4) is 0 Å². The molecule has 20 heavy (non-hydrogen) atoms. The van der Waals surface area contributed by atoms with Gasteiger partial charge in [-0.25, -0.2) is 0 Å². The van der Waals surface area contributed by atoms with Crippen molar-refractivity contribution in [1.82, 2.24) is 4.37 Å². The van der Waals surface area contributed by atoms with Crippen molar-refractivity contribution < 1.29 is 5.21 Å². The van der Waals surface area contributed by atoms with Crippen molar-refractivity contribution in [3.05, 3.63) is 29.3 Å². The molecular weight excluding hydrogens is 296 g/mol. The van der Waals surface area contributed by atoms with Gasteiger partial charge in [-0.2, -0.15) is 4.37 Å². The fourth-order valence-corrected chi connectivity index (χ4v) is 3.18. The van der Waals surface area contributed by atoms with E-state index in [0.29, 0.717) is 10.7 Å². The standard InChI is InChI=1S/C13H15ClN4OS/c14-9-3-5-10(6-4-9)15-13-11(16-19)12(17-20-13)18-7-1-2-8-18/h3-6,15-16,19H,1-2,7-8H2. The smallest absolute Gasteiger partial charge is 0.170 e. The van der Waals surface area contributed by atoms with Crippen LogP contribution in [0.5, 0.6) is 0 Å². The molecular formula is C13H15ClN4OS. The highest BCUT2D eigenvalue weighted by molar-refractivity contribution is 7.11. The highest BCUT2D eigenvalue weighted by Crippen LogP contribution is 2.39. The van der Waals surface area contributed by atoms with Gasteiger partial charge in [0.25, 0.3) is 0 Å². The Kier molecular flexibility index (Phi) is 3.95. The van der Waals surface area contributed by atoms with Gasteiger partial charge in [-0.1, -0.05) is 11.6 Å². The molecule has 2 heterocycles. The number of hydrogen-bond acceptors (Lipinski definition) is 6. The third-order valence-corrected chi connectivity index (χ3v) is 4.30. The number of halogens is 1. The van der Waals surface area contributed by atoms with Crippen LogP contribution in [-0.2, 0) is 0 Å². The van der Waals surface area contributed by atoms with E-state index in [9.17, 15) is 5.21 Å². The molecule has 1 fully saturated rings. The lowest BCUT2D eigenvalue weighted by Gasteiger charge is -2.16. The van der Waals surface area contributed by atoms with E-state index in [-0.39, 0.29) is 0 Å². The Balaban J connectivity index is 1.84. The van der Waals surface area contributed by atoms with E-state index in [1.165, 1.54) is 24.4 Å². The zero-order valence-electron chi connectivity index (χ0n) is 10.8. The van der Waals surface area contributed by atoms with E-state index in [1.807, 2.05) is 24.3 Å². The fraction of sp³-hybridized carbons (Fsp3) is 0.308. The van der Waals surface area contributed by atoms with Crippen LogP contribution in [0.2, 0.25) is 5.02 Å². The number of hydrogen-bond donors (Lipinski definition) is 3. The Morgan fingerprint density at radius 2 is 1.90 bits per heavy atom. The number of rotatable bonds is 4. The molecule has 1 aromatic heterocycles. The van der Waals surface area contributed by atoms with E-state index in [0.717, 1.165) is 29.6 Å². The summed E-state index contributed by atoms with van der Waals surface area (Å²) in [5.74, 6) is 0.812. The zero-order chi connectivity index (χ0) is 13.9. The van der Waals surface area contributed by atoms with Gasteiger partial charge < -0.3 is 10.2 Å². The molecule has 0 saturated carbocycles. The molecule has 1 aliphatic rings. The van der Waals surface area contributed by atoms with E-state index >= 15 is 0 Å². The minimum atomic E-state index is 0.631. The fourth-order valence-electron chi connectivity index (χ4n) is 2.28. The molecule has 0 spiro atoms. The molecule has 0 atom stereocenters. The average molecular weight is 311 g/mol. The first-order valence-electron chi connectivity index (χ1n) is 6.45. The Bertz CT molecular complexity index is 581. The van der Waals surface area contributed by atoms with Crippen molar-refractivity contribution in [2.45, 2.75) is 12.8 Å². The minimum absolute atomic E-state index is 0.631. The second kappa shape index (κ2) is 5.87. The molecule has 0 amide bonds. The predicted molar refractivity (Wildman–Crippen MR) is 83.7 cm³/mol. The summed E-state index contributed by atoms with van der Waals surface area (Å²) in [5.41, 5.74) is 3.81. The summed E-state index contributed by atoms with van der Waals surface area (Å²) in [7, 11) is 0. The lowest BCUT2D eigenvalue weighted by atomic mass is 10.3. The molecule has 1 saturated heterocycles. The maximum Gasteiger partial charge on any atom is 0.170 e. The van der Waals surface area contributed by atoms with Crippen LogP contribution < -0.4 is 15.7 Å². The first-order valence-corrected chi connectivity index (χ1v) is 7.60. The van der Waals surface area contributed by atoms with Crippen LogP contribution in [0, 0.1) is 0 Å². The van der Waals surface area contributed by atoms with Crippen LogP contribution in [0.1, 0.15) is 12.8 Å². The molecule has 1 aromatic carbocycles. The van der Waals surface area contributed by atoms with E-state index in [2.05, 4.69) is 20.1 Å². The third-order valence-electron chi connectivity index (χ3n) is 3.29. The lowest BCUT2D eigenvalue weighted by Crippen LogP contribution is -2.19. The lowest BCUT2D eigenvalue weighted by molar-refractivity contribution is 0.389. The molecule has 5 nitrogen and oxygen atoms in total. The molecule has 0 unspecified atom stereocenters. The van der Waals surface area contributed by atoms with E-state index < -0.39 is 0 Å². The van der Waals surface area contributed by atoms with Crippen LogP contribution in [0.15, 0.2) is 24.3 Å². The maximum absolute atomic E-state index is 9.40. The van der Waals surface area contributed by atoms with Gasteiger partial charge in [-0.05, 0) is 48.6 Å². The summed E-state index contributed by atoms with van der Waals surface area (Å²) < 4.78 is 4.44. The van der Waals surface area contributed by atoms with Gasteiger partial charge in [-0.3, -0.25) is 10.7 Å². The minimum Gasteiger partial charge on any atom is -0.354 e. The van der Waals surface area contributed by atoms with E-state index in [1.54, 1.807) is 0 Å². The van der Waals surface area contributed by atoms with Crippen molar-refractivity contribution in [2.75, 3.05) is 28.8 Å². The summed E-state index contributed by atoms with van der Waals surface area (Å²) in [4.78, 5) is 2.18. The van der Waals surface area contributed by atoms with Crippen LogP contribution >= 0.6 is 23.1 Å². The van der Waals surface area contributed by atoms with Crippen molar-refractivity contribution >= 4 is 45.3 Å². The molecule has 0 bridgehead atoms. The molecule has 3 N–H and O–H groups in total. The van der Waals surface area contributed by atoms with Crippen LogP contribution in [0.25, 0.3) is 0 Å². The normalized spacial score (nSPS) is 14.6. The Morgan fingerprint density at radius 3 is 2.55 bits per heavy atom. The summed E-state index contributed by atoms with van der Waals surface area (Å²) in [5, 5.41) is 14.1. The van der Waals surface area contributed by atoms with Crippen molar-refractivity contribution in [3.63, 3.8) is 0 Å². The van der Waals surface area contributed by atoms with Crippen molar-refractivity contribution in [2.24, 2.45) is 0 Å². The quantitative estimate of drug-likeness (QED) is 0.747. The SMILES string of the molecule is ONc1c(N2CCCC2)nsc1Nc1ccc(Cl)cc1. The van der Waals surface area contributed by atoms with Crippen LogP contribution in [0.4, 0.5) is 22.2 Å². The van der Waals surface area contributed by atoms with Crippen molar-refractivity contribution in [1.29, 1.82) is 0 Å². The van der Waals surface area contributed by atoms with Gasteiger partial charge in [0.2, 0.25) is 0 Å². The Labute approximate surface area is 126 Å². The van der Waals surface area contributed by atoms with Gasteiger partial charge in [-0.15, -0.1) is 0 Å². The van der Waals surface area contributed by atoms with Gasteiger partial charge >= 0.3 is 0 Å². The molecule has 0 aliphatic carbocycles. The number of aromatic nitrogens is 1. The first kappa shape index (κ1) is 13.5. The number of nitrogens with zero attached hydrogens (tertiary/aromatic N) is 2. The van der Waals surface area contributed by atoms with Gasteiger partial charge in [0.1, 0.15) is 10.7 Å². The second-order valence-corrected chi connectivity index (χ2v) is 5.86. The molecule has 7 heteroatoms. The third kappa shape index (κ3) is 2.67. The molecule has 106 valence electrons. The average Bonchev–Trinajstić information content (AvgIpc) is 3.10. The number of benzene rings is 1. The van der Waals surface area contributed by atoms with Gasteiger partial charge in [0.15, 0.2) is 5.82 Å². The summed E-state index contributed by atoms with van der Waals surface area (Å²) in [6.07, 6.45) is 2.34. The highest BCUT2D eigenvalue weighted by atomic mass is 35.5. The topological polar surface area (TPSA) is 60.4 Å². The largest absolute Gasteiger partial charge is 0.354 e. The van der Waals surface area contributed by atoms with Crippen LogP contribution in [0.3, 0.4) is 0 Å². The summed E-state index contributed by atoms with van der Waals surface area (Å²) in [6.45, 7) is 1.97. The number of anilines is 4. The Morgan fingerprint density at radius 1 is 1.20 bits per heavy atom. The predicted octanol–water partition coefficient (Wildman–Crippen LogP) is 3.94. The maximum atomic E-state index is 9.40. The summed E-state index contributed by atoms with van der Waals surface area (Å²) in [6, 6.07) is 7.41. The van der Waals surface area contributed by atoms with Crippen LogP contribution in [-0.4, -0.2) is 22.7 Å². The van der Waals surface area contributed by atoms with Gasteiger partial charge in [0, 0.05) is 23.8 Å².